The number of aliphatic hydroxyl groups excluding tert-OH is 2. The van der Waals surface area contributed by atoms with Crippen molar-refractivity contribution in [1.29, 1.82) is 0 Å². The molecule has 0 aliphatic heterocycles. The molecule has 1 saturated carbocycles. The standard InChI is InChI=1S/C11H12O5/c12-6-3-7(11(15)16)9(8(13)4-6)10(14)5-1-2-5/h3-5,12-16H,1-2H2. The lowest BCUT2D eigenvalue weighted by atomic mass is 10.1. The zero-order valence-electron chi connectivity index (χ0n) is 8.38. The van der Waals surface area contributed by atoms with Crippen LogP contribution in [0.3, 0.4) is 0 Å². The summed E-state index contributed by atoms with van der Waals surface area (Å²) >= 11 is 0. The molecule has 0 spiro atoms. The summed E-state index contributed by atoms with van der Waals surface area (Å²) in [4.78, 5) is 0. The Balaban J connectivity index is 2.88. The van der Waals surface area contributed by atoms with Gasteiger partial charge in [-0.3, -0.25) is 0 Å². The van der Waals surface area contributed by atoms with E-state index < -0.39 is 5.95 Å². The second kappa shape index (κ2) is 3.52. The second-order valence-electron chi connectivity index (χ2n) is 3.87. The van der Waals surface area contributed by atoms with E-state index in [0.717, 1.165) is 25.0 Å². The maximum absolute atomic E-state index is 9.80. The third-order valence-electron chi connectivity index (χ3n) is 2.56. The molecule has 0 atom stereocenters. The topological polar surface area (TPSA) is 101 Å². The van der Waals surface area contributed by atoms with Crippen LogP contribution >= 0.6 is 0 Å². The van der Waals surface area contributed by atoms with Gasteiger partial charge in [0.25, 0.3) is 5.95 Å². The highest BCUT2D eigenvalue weighted by molar-refractivity contribution is 5.50. The lowest BCUT2D eigenvalue weighted by Crippen LogP contribution is -2.30. The maximum atomic E-state index is 9.80. The van der Waals surface area contributed by atoms with Gasteiger partial charge in [-0.05, 0) is 18.9 Å². The first-order chi connectivity index (χ1) is 7.50. The van der Waals surface area contributed by atoms with Gasteiger partial charge in [0, 0.05) is 12.0 Å². The molecule has 0 amide bonds. The minimum Gasteiger partial charge on any atom is -0.511 e. The molecule has 86 valence electrons. The molecule has 0 heterocycles. The van der Waals surface area contributed by atoms with Crippen LogP contribution in [0.1, 0.15) is 12.8 Å². The quantitative estimate of drug-likeness (QED) is 0.474. The van der Waals surface area contributed by atoms with E-state index in [4.69, 9.17) is 10.2 Å². The summed E-state index contributed by atoms with van der Waals surface area (Å²) in [5.41, 5.74) is 0. The summed E-state index contributed by atoms with van der Waals surface area (Å²) in [6.07, 6.45) is 1.61. The fourth-order valence-corrected chi connectivity index (χ4v) is 1.62. The van der Waals surface area contributed by atoms with Crippen molar-refractivity contribution in [2.24, 2.45) is 5.92 Å². The van der Waals surface area contributed by atoms with Gasteiger partial charge in [0.2, 0.25) is 0 Å². The molecular weight excluding hydrogens is 212 g/mol. The number of aromatic hydroxyl groups is 2. The van der Waals surface area contributed by atoms with E-state index >= 15 is 0 Å². The van der Waals surface area contributed by atoms with E-state index in [1.54, 1.807) is 0 Å². The molecule has 1 aliphatic carbocycles. The van der Waals surface area contributed by atoms with Gasteiger partial charge in [0.15, 0.2) is 0 Å². The lowest BCUT2D eigenvalue weighted by Gasteiger charge is -2.02. The molecule has 5 heteroatoms. The van der Waals surface area contributed by atoms with Crippen molar-refractivity contribution in [3.63, 3.8) is 0 Å². The molecule has 16 heavy (non-hydrogen) atoms. The zero-order chi connectivity index (χ0) is 11.9. The Kier molecular flexibility index (Phi) is 2.30. The first kappa shape index (κ1) is 10.5. The van der Waals surface area contributed by atoms with Crippen molar-refractivity contribution in [2.75, 3.05) is 0 Å². The summed E-state index contributed by atoms with van der Waals surface area (Å²) in [7, 11) is 0. The Labute approximate surface area is 90.8 Å². The van der Waals surface area contributed by atoms with E-state index in [1.807, 2.05) is 0 Å². The predicted molar refractivity (Wildman–Crippen MR) is 56.4 cm³/mol. The van der Waals surface area contributed by atoms with Crippen molar-refractivity contribution >= 4 is 11.7 Å². The smallest absolute Gasteiger partial charge is 0.282 e. The van der Waals surface area contributed by atoms with Crippen LogP contribution in [0.5, 0.6) is 11.5 Å². The van der Waals surface area contributed by atoms with E-state index in [9.17, 15) is 15.3 Å². The molecule has 5 N–H and O–H groups in total. The number of phenolic OH excluding ortho intramolecular Hbond substituents is 2. The second-order valence-corrected chi connectivity index (χ2v) is 3.87. The predicted octanol–water partition coefficient (Wildman–Crippen LogP) is 0.356. The molecule has 1 aromatic rings. The summed E-state index contributed by atoms with van der Waals surface area (Å²) in [5.74, 6) is -1.85. The first-order valence-corrected chi connectivity index (χ1v) is 4.88. The Hall–Kier alpha value is -2.04. The van der Waals surface area contributed by atoms with Gasteiger partial charge >= 0.3 is 0 Å². The third-order valence-corrected chi connectivity index (χ3v) is 2.56. The average Bonchev–Trinajstić information content (AvgIpc) is 2.98. The fourth-order valence-electron chi connectivity index (χ4n) is 1.62. The largest absolute Gasteiger partial charge is 0.511 e. The van der Waals surface area contributed by atoms with Crippen LogP contribution in [-0.4, -0.2) is 25.5 Å². The van der Waals surface area contributed by atoms with Gasteiger partial charge in [-0.15, -0.1) is 0 Å². The Morgan fingerprint density at radius 3 is 2.19 bits per heavy atom. The van der Waals surface area contributed by atoms with Crippen LogP contribution in [0.25, 0.3) is 11.7 Å². The number of phenols is 2. The molecule has 1 aromatic carbocycles. The average molecular weight is 224 g/mol. The third kappa shape index (κ3) is 1.71. The van der Waals surface area contributed by atoms with E-state index in [0.29, 0.717) is 0 Å². The highest BCUT2D eigenvalue weighted by atomic mass is 16.5. The van der Waals surface area contributed by atoms with Crippen LogP contribution in [0.4, 0.5) is 0 Å². The van der Waals surface area contributed by atoms with Crippen molar-refractivity contribution in [2.45, 2.75) is 12.8 Å². The van der Waals surface area contributed by atoms with E-state index in [2.05, 4.69) is 0 Å². The SMILES string of the molecule is OC(O)=c1cc(O)cc(O)c1=C(O)C1CC1. The normalized spacial score (nSPS) is 17.0. The highest BCUT2D eigenvalue weighted by Crippen LogP contribution is 2.35. The molecule has 0 bridgehead atoms. The van der Waals surface area contributed by atoms with Crippen LogP contribution in [0.15, 0.2) is 12.1 Å². The number of benzene rings is 1. The Bertz CT molecular complexity index is 538. The molecular formula is C11H12O5. The fraction of sp³-hybridized carbons (Fsp3) is 0.273. The van der Waals surface area contributed by atoms with Crippen LogP contribution < -0.4 is 10.4 Å². The zero-order valence-corrected chi connectivity index (χ0v) is 8.38. The number of aliphatic hydroxyl groups is 3. The maximum Gasteiger partial charge on any atom is 0.282 e. The highest BCUT2D eigenvalue weighted by Gasteiger charge is 2.27. The van der Waals surface area contributed by atoms with Crippen molar-refractivity contribution in [3.8, 4) is 11.5 Å². The van der Waals surface area contributed by atoms with E-state index in [-0.39, 0.29) is 33.6 Å². The van der Waals surface area contributed by atoms with Crippen LogP contribution in [-0.2, 0) is 0 Å². The molecule has 2 rings (SSSR count). The molecule has 5 nitrogen and oxygen atoms in total. The first-order valence-electron chi connectivity index (χ1n) is 4.88. The summed E-state index contributed by atoms with van der Waals surface area (Å²) in [5, 5.41) is 46.5. The molecule has 0 radical (unpaired) electrons. The van der Waals surface area contributed by atoms with Gasteiger partial charge in [0.05, 0.1) is 10.4 Å². The van der Waals surface area contributed by atoms with Gasteiger partial charge in [-0.25, -0.2) is 0 Å². The van der Waals surface area contributed by atoms with Crippen molar-refractivity contribution < 1.29 is 25.5 Å². The monoisotopic (exact) mass is 224 g/mol. The minimum atomic E-state index is -1.05. The molecule has 0 saturated heterocycles. The summed E-state index contributed by atoms with van der Waals surface area (Å²) in [6, 6.07) is 2.11. The number of rotatable bonds is 1. The van der Waals surface area contributed by atoms with Crippen molar-refractivity contribution in [3.05, 3.63) is 22.6 Å². The Morgan fingerprint density at radius 1 is 1.06 bits per heavy atom. The Morgan fingerprint density at radius 2 is 1.69 bits per heavy atom. The summed E-state index contributed by atoms with van der Waals surface area (Å²) < 4.78 is 0. The van der Waals surface area contributed by atoms with Gasteiger partial charge in [-0.1, -0.05) is 0 Å². The van der Waals surface area contributed by atoms with E-state index in [1.165, 1.54) is 0 Å². The lowest BCUT2D eigenvalue weighted by molar-refractivity contribution is 0.296. The van der Waals surface area contributed by atoms with Crippen LogP contribution in [0, 0.1) is 5.92 Å². The van der Waals surface area contributed by atoms with Crippen LogP contribution in [0.2, 0.25) is 0 Å². The number of hydrogen-bond donors (Lipinski definition) is 5. The van der Waals surface area contributed by atoms with Gasteiger partial charge in [-0.2, -0.15) is 0 Å². The van der Waals surface area contributed by atoms with Gasteiger partial charge in [0.1, 0.15) is 17.3 Å². The van der Waals surface area contributed by atoms with Gasteiger partial charge < -0.3 is 25.5 Å². The molecule has 0 unspecified atom stereocenters. The molecule has 1 aliphatic rings. The minimum absolute atomic E-state index is 0.0275. The van der Waals surface area contributed by atoms with Crippen molar-refractivity contribution in [1.82, 2.24) is 0 Å². The molecule has 0 aromatic heterocycles. The number of hydrogen-bond acceptors (Lipinski definition) is 5. The summed E-state index contributed by atoms with van der Waals surface area (Å²) in [6.45, 7) is 0. The molecule has 1 fully saturated rings.